The second-order valence-corrected chi connectivity index (χ2v) is 6.93. The van der Waals surface area contributed by atoms with Gasteiger partial charge in [0.2, 0.25) is 5.91 Å². The van der Waals surface area contributed by atoms with Crippen LogP contribution in [0, 0.1) is 24.2 Å². The first kappa shape index (κ1) is 18.5. The zero-order chi connectivity index (χ0) is 17.7. The molecule has 24 heavy (non-hydrogen) atoms. The molecule has 1 fully saturated rings. The van der Waals surface area contributed by atoms with Crippen molar-refractivity contribution in [2.75, 3.05) is 26.2 Å². The van der Waals surface area contributed by atoms with Gasteiger partial charge in [0.05, 0.1) is 6.07 Å². The number of nitrogens with zero attached hydrogens (tertiary/aromatic N) is 3. The van der Waals surface area contributed by atoms with Crippen LogP contribution < -0.4 is 0 Å². The Morgan fingerprint density at radius 3 is 2.50 bits per heavy atom. The molecule has 1 atom stereocenters. The Kier molecular flexibility index (Phi) is 6.42. The van der Waals surface area contributed by atoms with Crippen LogP contribution in [0.2, 0.25) is 5.02 Å². The third-order valence-electron chi connectivity index (χ3n) is 4.40. The number of benzene rings is 1. The minimum Gasteiger partial charge on any atom is -0.337 e. The van der Waals surface area contributed by atoms with Gasteiger partial charge in [-0.2, -0.15) is 5.26 Å². The molecule has 1 aliphatic heterocycles. The number of nitriles is 1. The minimum atomic E-state index is -0.0764. The molecule has 1 aromatic rings. The van der Waals surface area contributed by atoms with Crippen molar-refractivity contribution in [2.24, 2.45) is 5.92 Å². The fraction of sp³-hybridized carbons (Fsp3) is 0.474. The summed E-state index contributed by atoms with van der Waals surface area (Å²) >= 11 is 6.10. The van der Waals surface area contributed by atoms with Crippen molar-refractivity contribution in [3.8, 4) is 6.07 Å². The number of amides is 1. The van der Waals surface area contributed by atoms with Gasteiger partial charge in [0.1, 0.15) is 6.04 Å². The standard InChI is InChI=1S/C19H24ClN3O/c1-14(2)18(13-21)22-8-10-23(11-9-22)19(24)7-6-16-5-4-15(3)17(20)12-16/h4-7,12,14,18H,8-11H2,1-3H3/b7-6+. The molecule has 0 aromatic heterocycles. The normalized spacial score (nSPS) is 17.2. The van der Waals surface area contributed by atoms with Gasteiger partial charge in [-0.15, -0.1) is 0 Å². The van der Waals surface area contributed by atoms with Gasteiger partial charge in [-0.1, -0.05) is 37.6 Å². The van der Waals surface area contributed by atoms with Crippen LogP contribution in [0.1, 0.15) is 25.0 Å². The summed E-state index contributed by atoms with van der Waals surface area (Å²) in [7, 11) is 0. The van der Waals surface area contributed by atoms with E-state index in [9.17, 15) is 10.1 Å². The fourth-order valence-electron chi connectivity index (χ4n) is 2.86. The molecule has 0 radical (unpaired) electrons. The quantitative estimate of drug-likeness (QED) is 0.786. The van der Waals surface area contributed by atoms with Crippen LogP contribution >= 0.6 is 11.6 Å². The Hall–Kier alpha value is -1.83. The predicted octanol–water partition coefficient (Wildman–Crippen LogP) is 3.35. The molecule has 0 N–H and O–H groups in total. The molecule has 0 bridgehead atoms. The molecule has 1 amide bonds. The highest BCUT2D eigenvalue weighted by molar-refractivity contribution is 6.31. The van der Waals surface area contributed by atoms with E-state index in [1.807, 2.05) is 30.0 Å². The number of hydrogen-bond acceptors (Lipinski definition) is 3. The first-order valence-corrected chi connectivity index (χ1v) is 8.67. The van der Waals surface area contributed by atoms with Crippen LogP contribution in [0.5, 0.6) is 0 Å². The molecule has 0 spiro atoms. The number of halogens is 1. The summed E-state index contributed by atoms with van der Waals surface area (Å²) in [6.45, 7) is 8.86. The van der Waals surface area contributed by atoms with Gasteiger partial charge < -0.3 is 4.90 Å². The Balaban J connectivity index is 1.92. The summed E-state index contributed by atoms with van der Waals surface area (Å²) in [5.74, 6) is 0.299. The maximum atomic E-state index is 12.3. The number of carbonyl (C=O) groups excluding carboxylic acids is 1. The number of carbonyl (C=O) groups is 1. The van der Waals surface area contributed by atoms with Crippen molar-refractivity contribution in [3.05, 3.63) is 40.4 Å². The van der Waals surface area contributed by atoms with Gasteiger partial charge in [0, 0.05) is 37.3 Å². The lowest BCUT2D eigenvalue weighted by atomic mass is 10.0. The maximum absolute atomic E-state index is 12.3. The lowest BCUT2D eigenvalue weighted by Crippen LogP contribution is -2.52. The van der Waals surface area contributed by atoms with Crippen molar-refractivity contribution in [1.29, 1.82) is 5.26 Å². The summed E-state index contributed by atoms with van der Waals surface area (Å²) in [5.41, 5.74) is 1.94. The molecule has 128 valence electrons. The molecule has 1 unspecified atom stereocenters. The first-order valence-electron chi connectivity index (χ1n) is 8.29. The smallest absolute Gasteiger partial charge is 0.246 e. The summed E-state index contributed by atoms with van der Waals surface area (Å²) in [6.07, 6.45) is 3.40. The van der Waals surface area contributed by atoms with Crippen LogP contribution in [-0.2, 0) is 4.79 Å². The molecular formula is C19H24ClN3O. The van der Waals surface area contributed by atoms with Crippen LogP contribution in [0.3, 0.4) is 0 Å². The third kappa shape index (κ3) is 4.59. The highest BCUT2D eigenvalue weighted by Gasteiger charge is 2.26. The second kappa shape index (κ2) is 8.32. The van der Waals surface area contributed by atoms with Crippen molar-refractivity contribution < 1.29 is 4.79 Å². The predicted molar refractivity (Wildman–Crippen MR) is 97.6 cm³/mol. The molecule has 1 aliphatic rings. The summed E-state index contributed by atoms with van der Waals surface area (Å²) in [5, 5.41) is 9.98. The Bertz CT molecular complexity index is 655. The minimum absolute atomic E-state index is 0.00408. The van der Waals surface area contributed by atoms with Gasteiger partial charge in [-0.3, -0.25) is 9.69 Å². The van der Waals surface area contributed by atoms with Gasteiger partial charge in [-0.05, 0) is 36.1 Å². The van der Waals surface area contributed by atoms with Gasteiger partial charge in [-0.25, -0.2) is 0 Å². The van der Waals surface area contributed by atoms with Crippen molar-refractivity contribution in [3.63, 3.8) is 0 Å². The van der Waals surface area contributed by atoms with Crippen molar-refractivity contribution in [2.45, 2.75) is 26.8 Å². The highest BCUT2D eigenvalue weighted by atomic mass is 35.5. The van der Waals surface area contributed by atoms with Crippen LogP contribution in [0.4, 0.5) is 0 Å². The second-order valence-electron chi connectivity index (χ2n) is 6.52. The average Bonchev–Trinajstić information content (AvgIpc) is 2.56. The third-order valence-corrected chi connectivity index (χ3v) is 4.80. The molecule has 0 aliphatic carbocycles. The van der Waals surface area contributed by atoms with E-state index in [1.165, 1.54) is 0 Å². The topological polar surface area (TPSA) is 47.3 Å². The maximum Gasteiger partial charge on any atom is 0.246 e. The zero-order valence-corrected chi connectivity index (χ0v) is 15.3. The Morgan fingerprint density at radius 2 is 1.96 bits per heavy atom. The van der Waals surface area contributed by atoms with Gasteiger partial charge in [0.15, 0.2) is 0 Å². The molecule has 1 heterocycles. The van der Waals surface area contributed by atoms with E-state index >= 15 is 0 Å². The van der Waals surface area contributed by atoms with Crippen molar-refractivity contribution >= 4 is 23.6 Å². The number of hydrogen-bond donors (Lipinski definition) is 0. The van der Waals surface area contributed by atoms with E-state index in [1.54, 1.807) is 12.2 Å². The van der Waals surface area contributed by atoms with E-state index in [0.717, 1.165) is 24.2 Å². The molecule has 5 heteroatoms. The molecule has 4 nitrogen and oxygen atoms in total. The number of rotatable bonds is 4. The molecule has 1 saturated heterocycles. The van der Waals surface area contributed by atoms with Gasteiger partial charge in [0.25, 0.3) is 0 Å². The highest BCUT2D eigenvalue weighted by Crippen LogP contribution is 2.18. The lowest BCUT2D eigenvalue weighted by molar-refractivity contribution is -0.127. The van der Waals surface area contributed by atoms with E-state index in [2.05, 4.69) is 24.8 Å². The molecule has 1 aromatic carbocycles. The average molecular weight is 346 g/mol. The van der Waals surface area contributed by atoms with E-state index in [0.29, 0.717) is 24.0 Å². The largest absolute Gasteiger partial charge is 0.337 e. The van der Waals surface area contributed by atoms with Crippen LogP contribution in [0.25, 0.3) is 6.08 Å². The Labute approximate surface area is 149 Å². The SMILES string of the molecule is Cc1ccc(/C=C/C(=O)N2CCN(C(C#N)C(C)C)CC2)cc1Cl. The van der Waals surface area contributed by atoms with E-state index in [-0.39, 0.29) is 11.9 Å². The molecule has 0 saturated carbocycles. The monoisotopic (exact) mass is 345 g/mol. The van der Waals surface area contributed by atoms with E-state index < -0.39 is 0 Å². The lowest BCUT2D eigenvalue weighted by Gasteiger charge is -2.37. The van der Waals surface area contributed by atoms with Crippen molar-refractivity contribution in [1.82, 2.24) is 9.80 Å². The van der Waals surface area contributed by atoms with Crippen LogP contribution in [0.15, 0.2) is 24.3 Å². The first-order chi connectivity index (χ1) is 11.4. The fourth-order valence-corrected chi connectivity index (χ4v) is 3.05. The molecule has 2 rings (SSSR count). The van der Waals surface area contributed by atoms with Crippen LogP contribution in [-0.4, -0.2) is 47.9 Å². The zero-order valence-electron chi connectivity index (χ0n) is 14.5. The molecular weight excluding hydrogens is 322 g/mol. The van der Waals surface area contributed by atoms with Gasteiger partial charge >= 0.3 is 0 Å². The number of piperazine rings is 1. The summed E-state index contributed by atoms with van der Waals surface area (Å²) < 4.78 is 0. The summed E-state index contributed by atoms with van der Waals surface area (Å²) in [6, 6.07) is 8.04. The Morgan fingerprint density at radius 1 is 1.29 bits per heavy atom. The summed E-state index contributed by atoms with van der Waals surface area (Å²) in [4.78, 5) is 16.3. The van der Waals surface area contributed by atoms with E-state index in [4.69, 9.17) is 11.6 Å². The number of aryl methyl sites for hydroxylation is 1.